The smallest absolute Gasteiger partial charge is 0.277 e. The molecule has 3 rings (SSSR count). The van der Waals surface area contributed by atoms with Crippen LogP contribution in [-0.2, 0) is 0 Å². The van der Waals surface area contributed by atoms with Crippen LogP contribution >= 0.6 is 0 Å². The predicted octanol–water partition coefficient (Wildman–Crippen LogP) is -1.33. The summed E-state index contributed by atoms with van der Waals surface area (Å²) in [7, 11) is 0. The minimum absolute atomic E-state index is 0.0310. The third-order valence-corrected chi connectivity index (χ3v) is 3.92. The molecule has 0 spiro atoms. The fourth-order valence-electron chi connectivity index (χ4n) is 2.91. The van der Waals surface area contributed by atoms with Crippen LogP contribution in [0, 0.1) is 5.92 Å². The SMILES string of the molecule is Nc1nc2c(c(=O)[nH]1)NCN2[C@@H]1C[C@H](CO)[C@@H](O)C1. The average Bonchev–Trinajstić information content (AvgIpc) is 2.92. The number of nitrogens with two attached hydrogens (primary N) is 1. The molecule has 0 unspecified atom stereocenters. The molecule has 19 heavy (non-hydrogen) atoms. The molecule has 0 bridgehead atoms. The molecule has 6 N–H and O–H groups in total. The highest BCUT2D eigenvalue weighted by Gasteiger charge is 2.39. The van der Waals surface area contributed by atoms with Gasteiger partial charge in [0.25, 0.3) is 5.56 Å². The molecule has 0 saturated heterocycles. The van der Waals surface area contributed by atoms with Gasteiger partial charge in [-0.15, -0.1) is 0 Å². The number of H-pyrrole nitrogens is 1. The topological polar surface area (TPSA) is 128 Å². The lowest BCUT2D eigenvalue weighted by Gasteiger charge is -2.24. The van der Waals surface area contributed by atoms with E-state index in [0.717, 1.165) is 0 Å². The molecule has 1 fully saturated rings. The Morgan fingerprint density at radius 1 is 1.47 bits per heavy atom. The number of hydrogen-bond acceptors (Lipinski definition) is 7. The maximum absolute atomic E-state index is 11.7. The van der Waals surface area contributed by atoms with E-state index in [1.165, 1.54) is 0 Å². The fraction of sp³-hybridized carbons (Fsp3) is 0.636. The Hall–Kier alpha value is -1.80. The first kappa shape index (κ1) is 12.2. The number of nitrogens with zero attached hydrogens (tertiary/aromatic N) is 2. The number of nitrogens with one attached hydrogen (secondary N) is 2. The minimum Gasteiger partial charge on any atom is -0.396 e. The number of rotatable bonds is 2. The molecular weight excluding hydrogens is 250 g/mol. The highest BCUT2D eigenvalue weighted by atomic mass is 16.3. The maximum Gasteiger partial charge on any atom is 0.277 e. The van der Waals surface area contributed by atoms with E-state index < -0.39 is 6.10 Å². The largest absolute Gasteiger partial charge is 0.396 e. The lowest BCUT2D eigenvalue weighted by atomic mass is 10.1. The Bertz CT molecular complexity index is 546. The molecular formula is C11H17N5O3. The van der Waals surface area contributed by atoms with Gasteiger partial charge in [0.1, 0.15) is 5.69 Å². The number of fused-ring (bicyclic) bond motifs is 1. The summed E-state index contributed by atoms with van der Waals surface area (Å²) in [5.41, 5.74) is 5.69. The van der Waals surface area contributed by atoms with Crippen molar-refractivity contribution >= 4 is 17.5 Å². The van der Waals surface area contributed by atoms with E-state index in [2.05, 4.69) is 15.3 Å². The molecule has 1 aliphatic carbocycles. The zero-order chi connectivity index (χ0) is 13.6. The summed E-state index contributed by atoms with van der Waals surface area (Å²) in [5.74, 6) is 0.486. The predicted molar refractivity (Wildman–Crippen MR) is 69.8 cm³/mol. The van der Waals surface area contributed by atoms with E-state index >= 15 is 0 Å². The van der Waals surface area contributed by atoms with Crippen LogP contribution in [0.1, 0.15) is 12.8 Å². The molecule has 2 aliphatic rings. The third-order valence-electron chi connectivity index (χ3n) is 3.92. The first-order valence-electron chi connectivity index (χ1n) is 6.29. The molecule has 1 saturated carbocycles. The molecule has 1 aromatic heterocycles. The van der Waals surface area contributed by atoms with Crippen molar-refractivity contribution < 1.29 is 10.2 Å². The van der Waals surface area contributed by atoms with E-state index in [1.807, 2.05) is 4.90 Å². The van der Waals surface area contributed by atoms with Crippen molar-refractivity contribution in [1.82, 2.24) is 9.97 Å². The normalized spacial score (nSPS) is 29.4. The monoisotopic (exact) mass is 267 g/mol. The lowest BCUT2D eigenvalue weighted by Crippen LogP contribution is -2.34. The Morgan fingerprint density at radius 2 is 2.26 bits per heavy atom. The molecule has 0 radical (unpaired) electrons. The van der Waals surface area contributed by atoms with Crippen molar-refractivity contribution in [3.05, 3.63) is 10.4 Å². The molecule has 3 atom stereocenters. The van der Waals surface area contributed by atoms with Crippen LogP contribution in [0.5, 0.6) is 0 Å². The standard InChI is InChI=1S/C11H17N5O3/c12-11-14-9-8(10(19)15-11)13-4-16(9)6-1-5(3-17)7(18)2-6/h5-7,13,17-18H,1-4H2,(H3,12,14,15,19)/t5-,6-,7+/m1/s1. The van der Waals surface area contributed by atoms with Gasteiger partial charge >= 0.3 is 0 Å². The summed E-state index contributed by atoms with van der Waals surface area (Å²) in [6, 6.07) is 0.0506. The van der Waals surface area contributed by atoms with E-state index in [1.54, 1.807) is 0 Å². The fourth-order valence-corrected chi connectivity index (χ4v) is 2.91. The van der Waals surface area contributed by atoms with Crippen molar-refractivity contribution in [2.75, 3.05) is 29.2 Å². The lowest BCUT2D eigenvalue weighted by molar-refractivity contribution is 0.0908. The number of aliphatic hydroxyl groups is 2. The van der Waals surface area contributed by atoms with E-state index in [0.29, 0.717) is 31.0 Å². The van der Waals surface area contributed by atoms with Crippen LogP contribution in [-0.4, -0.2) is 45.6 Å². The van der Waals surface area contributed by atoms with Crippen LogP contribution in [0.2, 0.25) is 0 Å². The average molecular weight is 267 g/mol. The quantitative estimate of drug-likeness (QED) is 0.449. The molecule has 1 aliphatic heterocycles. The van der Waals surface area contributed by atoms with Crippen molar-refractivity contribution in [3.8, 4) is 0 Å². The summed E-state index contributed by atoms with van der Waals surface area (Å²) in [6.45, 7) is 0.432. The molecule has 1 aromatic rings. The zero-order valence-electron chi connectivity index (χ0n) is 10.3. The third kappa shape index (κ3) is 1.92. The molecule has 8 nitrogen and oxygen atoms in total. The van der Waals surface area contributed by atoms with E-state index in [9.17, 15) is 15.0 Å². The maximum atomic E-state index is 11.7. The number of aromatic nitrogens is 2. The van der Waals surface area contributed by atoms with Gasteiger partial charge in [0.05, 0.1) is 12.8 Å². The van der Waals surface area contributed by atoms with Gasteiger partial charge in [-0.05, 0) is 12.8 Å². The Kier molecular flexibility index (Phi) is 2.83. The highest BCUT2D eigenvalue weighted by Crippen LogP contribution is 2.36. The first-order chi connectivity index (χ1) is 9.10. The second-order valence-electron chi connectivity index (χ2n) is 5.09. The van der Waals surface area contributed by atoms with Gasteiger partial charge in [0.15, 0.2) is 5.82 Å². The molecule has 0 amide bonds. The summed E-state index contributed by atoms with van der Waals surface area (Å²) < 4.78 is 0. The van der Waals surface area contributed by atoms with Gasteiger partial charge in [-0.1, -0.05) is 0 Å². The van der Waals surface area contributed by atoms with Crippen molar-refractivity contribution in [1.29, 1.82) is 0 Å². The number of aromatic amines is 1. The number of hydrogen-bond donors (Lipinski definition) is 5. The molecule has 104 valence electrons. The van der Waals surface area contributed by atoms with E-state index in [-0.39, 0.29) is 30.1 Å². The second kappa shape index (κ2) is 4.39. The van der Waals surface area contributed by atoms with Crippen LogP contribution in [0.3, 0.4) is 0 Å². The summed E-state index contributed by atoms with van der Waals surface area (Å²) >= 11 is 0. The van der Waals surface area contributed by atoms with Gasteiger partial charge in [0, 0.05) is 18.6 Å². The highest BCUT2D eigenvalue weighted by molar-refractivity contribution is 5.71. The Morgan fingerprint density at radius 3 is 2.95 bits per heavy atom. The summed E-state index contributed by atoms with van der Waals surface area (Å²) in [4.78, 5) is 20.3. The van der Waals surface area contributed by atoms with Crippen LogP contribution in [0.25, 0.3) is 0 Å². The van der Waals surface area contributed by atoms with E-state index in [4.69, 9.17) is 5.73 Å². The number of nitrogen functional groups attached to an aromatic ring is 1. The number of anilines is 3. The summed E-state index contributed by atoms with van der Waals surface area (Å²) in [6.07, 6.45) is 0.715. The van der Waals surface area contributed by atoms with Gasteiger partial charge in [-0.25, -0.2) is 0 Å². The minimum atomic E-state index is -0.515. The Labute approximate surface area is 109 Å². The Balaban J connectivity index is 1.89. The van der Waals surface area contributed by atoms with Gasteiger partial charge < -0.3 is 26.2 Å². The summed E-state index contributed by atoms with van der Waals surface area (Å²) in [5, 5.41) is 22.0. The number of aliphatic hydroxyl groups excluding tert-OH is 2. The van der Waals surface area contributed by atoms with Crippen molar-refractivity contribution in [3.63, 3.8) is 0 Å². The first-order valence-corrected chi connectivity index (χ1v) is 6.29. The van der Waals surface area contributed by atoms with Gasteiger partial charge in [0.2, 0.25) is 5.95 Å². The molecule has 2 heterocycles. The van der Waals surface area contributed by atoms with Crippen LogP contribution in [0.15, 0.2) is 4.79 Å². The van der Waals surface area contributed by atoms with Crippen molar-refractivity contribution in [2.45, 2.75) is 25.0 Å². The van der Waals surface area contributed by atoms with Crippen LogP contribution in [0.4, 0.5) is 17.5 Å². The van der Waals surface area contributed by atoms with Crippen LogP contribution < -0.4 is 21.5 Å². The molecule has 8 heteroatoms. The second-order valence-corrected chi connectivity index (χ2v) is 5.09. The van der Waals surface area contributed by atoms with Gasteiger partial charge in [-0.2, -0.15) is 4.98 Å². The van der Waals surface area contributed by atoms with Crippen molar-refractivity contribution in [2.24, 2.45) is 5.92 Å². The van der Waals surface area contributed by atoms with Gasteiger partial charge in [-0.3, -0.25) is 9.78 Å². The molecule has 0 aromatic carbocycles. The zero-order valence-corrected chi connectivity index (χ0v) is 10.3.